The fraction of sp³-hybridized carbons (Fsp3) is 0.435. The SMILES string of the molecule is Cc1c(C(=O)NC2CCCCC2)oc2c1/C(=N/NC(=O)c1cccc(Cl)c1)CCC2. The summed E-state index contributed by atoms with van der Waals surface area (Å²) in [7, 11) is 0. The Hall–Kier alpha value is -2.60. The first-order chi connectivity index (χ1) is 14.5. The minimum absolute atomic E-state index is 0.156. The van der Waals surface area contributed by atoms with E-state index in [-0.39, 0.29) is 17.9 Å². The van der Waals surface area contributed by atoms with Crippen LogP contribution in [-0.4, -0.2) is 23.6 Å². The first-order valence-electron chi connectivity index (χ1n) is 10.6. The van der Waals surface area contributed by atoms with Gasteiger partial charge in [0.2, 0.25) is 0 Å². The lowest BCUT2D eigenvalue weighted by Crippen LogP contribution is -2.36. The maximum Gasteiger partial charge on any atom is 0.287 e. The van der Waals surface area contributed by atoms with Crippen molar-refractivity contribution >= 4 is 29.1 Å². The summed E-state index contributed by atoms with van der Waals surface area (Å²) in [5, 5.41) is 7.98. The molecule has 1 aromatic heterocycles. The average Bonchev–Trinajstić information content (AvgIpc) is 3.10. The van der Waals surface area contributed by atoms with Gasteiger partial charge in [-0.3, -0.25) is 9.59 Å². The molecule has 2 amide bonds. The van der Waals surface area contributed by atoms with Gasteiger partial charge in [0.25, 0.3) is 11.8 Å². The lowest BCUT2D eigenvalue weighted by molar-refractivity contribution is 0.0896. The highest BCUT2D eigenvalue weighted by atomic mass is 35.5. The maximum absolute atomic E-state index is 12.8. The smallest absolute Gasteiger partial charge is 0.287 e. The average molecular weight is 428 g/mol. The van der Waals surface area contributed by atoms with Crippen LogP contribution < -0.4 is 10.7 Å². The number of carbonyl (C=O) groups is 2. The Morgan fingerprint density at radius 1 is 1.10 bits per heavy atom. The Kier molecular flexibility index (Phi) is 6.23. The number of furan rings is 1. The topological polar surface area (TPSA) is 83.7 Å². The van der Waals surface area contributed by atoms with E-state index < -0.39 is 0 Å². The third-order valence-corrected chi connectivity index (χ3v) is 6.09. The van der Waals surface area contributed by atoms with Crippen molar-refractivity contribution in [3.63, 3.8) is 0 Å². The van der Waals surface area contributed by atoms with E-state index in [9.17, 15) is 9.59 Å². The van der Waals surface area contributed by atoms with Gasteiger partial charge in [-0.15, -0.1) is 0 Å². The molecule has 0 saturated heterocycles. The molecule has 1 heterocycles. The van der Waals surface area contributed by atoms with Crippen LogP contribution in [-0.2, 0) is 6.42 Å². The summed E-state index contributed by atoms with van der Waals surface area (Å²) in [6, 6.07) is 6.94. The van der Waals surface area contributed by atoms with Crippen LogP contribution in [0, 0.1) is 6.92 Å². The molecule has 2 aliphatic rings. The van der Waals surface area contributed by atoms with Crippen LogP contribution in [0.5, 0.6) is 0 Å². The van der Waals surface area contributed by atoms with E-state index in [1.54, 1.807) is 24.3 Å². The maximum atomic E-state index is 12.8. The van der Waals surface area contributed by atoms with Gasteiger partial charge in [-0.05, 0) is 50.8 Å². The molecule has 7 heteroatoms. The molecule has 1 fully saturated rings. The van der Waals surface area contributed by atoms with Crippen molar-refractivity contribution in [1.29, 1.82) is 0 Å². The number of hydrazone groups is 1. The molecule has 1 saturated carbocycles. The first-order valence-corrected chi connectivity index (χ1v) is 11.0. The second-order valence-electron chi connectivity index (χ2n) is 8.03. The van der Waals surface area contributed by atoms with E-state index in [0.29, 0.717) is 22.8 Å². The van der Waals surface area contributed by atoms with Gasteiger partial charge in [-0.25, -0.2) is 5.43 Å². The molecular formula is C23H26ClN3O3. The van der Waals surface area contributed by atoms with E-state index in [1.807, 2.05) is 6.92 Å². The summed E-state index contributed by atoms with van der Waals surface area (Å²) < 4.78 is 5.95. The normalized spacial score (nSPS) is 18.1. The highest BCUT2D eigenvalue weighted by molar-refractivity contribution is 6.31. The number of hydrogen-bond acceptors (Lipinski definition) is 4. The summed E-state index contributed by atoms with van der Waals surface area (Å²) in [6.45, 7) is 1.89. The van der Waals surface area contributed by atoms with Crippen molar-refractivity contribution in [2.24, 2.45) is 5.10 Å². The van der Waals surface area contributed by atoms with Crippen LogP contribution in [0.3, 0.4) is 0 Å². The van der Waals surface area contributed by atoms with Crippen LogP contribution in [0.25, 0.3) is 0 Å². The van der Waals surface area contributed by atoms with Crippen LogP contribution in [0.1, 0.15) is 82.7 Å². The second kappa shape index (κ2) is 9.04. The van der Waals surface area contributed by atoms with Crippen molar-refractivity contribution < 1.29 is 14.0 Å². The molecule has 2 N–H and O–H groups in total. The summed E-state index contributed by atoms with van der Waals surface area (Å²) in [5.74, 6) is 0.647. The summed E-state index contributed by atoms with van der Waals surface area (Å²) >= 11 is 5.96. The minimum atomic E-state index is -0.325. The molecule has 0 unspecified atom stereocenters. The van der Waals surface area contributed by atoms with E-state index in [1.165, 1.54) is 6.42 Å². The molecule has 0 spiro atoms. The van der Waals surface area contributed by atoms with E-state index in [0.717, 1.165) is 61.1 Å². The molecule has 0 radical (unpaired) electrons. The zero-order valence-electron chi connectivity index (χ0n) is 17.1. The zero-order chi connectivity index (χ0) is 21.1. The van der Waals surface area contributed by atoms with Gasteiger partial charge in [0.15, 0.2) is 5.76 Å². The van der Waals surface area contributed by atoms with E-state index in [2.05, 4.69) is 15.8 Å². The van der Waals surface area contributed by atoms with Crippen LogP contribution in [0.4, 0.5) is 0 Å². The number of halogens is 1. The molecule has 158 valence electrons. The van der Waals surface area contributed by atoms with Gasteiger partial charge in [-0.2, -0.15) is 5.10 Å². The van der Waals surface area contributed by atoms with Crippen molar-refractivity contribution in [1.82, 2.24) is 10.7 Å². The van der Waals surface area contributed by atoms with Crippen molar-refractivity contribution in [2.75, 3.05) is 0 Å². The standard InChI is InChI=1S/C23H26ClN3O3/c1-14-20-18(26-27-22(28)15-7-5-8-16(24)13-15)11-6-12-19(20)30-21(14)23(29)25-17-9-3-2-4-10-17/h5,7-8,13,17H,2-4,6,9-12H2,1H3,(H,25,29)(H,27,28)/b26-18+. The fourth-order valence-corrected chi connectivity index (χ4v) is 4.50. The largest absolute Gasteiger partial charge is 0.455 e. The minimum Gasteiger partial charge on any atom is -0.455 e. The number of amides is 2. The van der Waals surface area contributed by atoms with Gasteiger partial charge in [0, 0.05) is 34.2 Å². The lowest BCUT2D eigenvalue weighted by atomic mass is 9.93. The van der Waals surface area contributed by atoms with Gasteiger partial charge in [-0.1, -0.05) is 36.9 Å². The van der Waals surface area contributed by atoms with Crippen molar-refractivity contribution in [3.05, 3.63) is 57.5 Å². The molecule has 1 aromatic carbocycles. The number of aryl methyl sites for hydroxylation is 1. The molecule has 6 nitrogen and oxygen atoms in total. The van der Waals surface area contributed by atoms with Crippen LogP contribution in [0.2, 0.25) is 5.02 Å². The molecular weight excluding hydrogens is 402 g/mol. The fourth-order valence-electron chi connectivity index (χ4n) is 4.31. The predicted octanol–water partition coefficient (Wildman–Crippen LogP) is 4.77. The van der Waals surface area contributed by atoms with Crippen LogP contribution >= 0.6 is 11.6 Å². The Morgan fingerprint density at radius 3 is 2.67 bits per heavy atom. The Balaban J connectivity index is 1.52. The van der Waals surface area contributed by atoms with Gasteiger partial charge >= 0.3 is 0 Å². The number of benzene rings is 1. The molecule has 0 bridgehead atoms. The molecule has 30 heavy (non-hydrogen) atoms. The highest BCUT2D eigenvalue weighted by Gasteiger charge is 2.29. The first kappa shape index (κ1) is 20.7. The predicted molar refractivity (Wildman–Crippen MR) is 116 cm³/mol. The zero-order valence-corrected chi connectivity index (χ0v) is 17.8. The van der Waals surface area contributed by atoms with Gasteiger partial charge < -0.3 is 9.73 Å². The highest BCUT2D eigenvalue weighted by Crippen LogP contribution is 2.30. The molecule has 0 atom stereocenters. The second-order valence-corrected chi connectivity index (χ2v) is 8.46. The number of carbonyl (C=O) groups excluding carboxylic acids is 2. The van der Waals surface area contributed by atoms with E-state index >= 15 is 0 Å². The lowest BCUT2D eigenvalue weighted by Gasteiger charge is -2.22. The summed E-state index contributed by atoms with van der Waals surface area (Å²) in [6.07, 6.45) is 7.92. The molecule has 0 aliphatic heterocycles. The van der Waals surface area contributed by atoms with Gasteiger partial charge in [0.05, 0.1) is 5.71 Å². The number of nitrogens with one attached hydrogen (secondary N) is 2. The quantitative estimate of drug-likeness (QED) is 0.689. The molecule has 4 rings (SSSR count). The summed E-state index contributed by atoms with van der Waals surface area (Å²) in [4.78, 5) is 25.2. The number of fused-ring (bicyclic) bond motifs is 1. The number of hydrogen-bond donors (Lipinski definition) is 2. The number of rotatable bonds is 4. The van der Waals surface area contributed by atoms with Gasteiger partial charge in [0.1, 0.15) is 5.76 Å². The Morgan fingerprint density at radius 2 is 1.90 bits per heavy atom. The van der Waals surface area contributed by atoms with Crippen LogP contribution in [0.15, 0.2) is 33.8 Å². The summed E-state index contributed by atoms with van der Waals surface area (Å²) in [5.41, 5.74) is 5.43. The third-order valence-electron chi connectivity index (χ3n) is 5.85. The Labute approximate surface area is 181 Å². The van der Waals surface area contributed by atoms with E-state index in [4.69, 9.17) is 16.0 Å². The Bertz CT molecular complexity index is 990. The number of nitrogens with zero attached hydrogens (tertiary/aromatic N) is 1. The molecule has 2 aliphatic carbocycles. The third kappa shape index (κ3) is 4.43. The van der Waals surface area contributed by atoms with Crippen molar-refractivity contribution in [3.8, 4) is 0 Å². The monoisotopic (exact) mass is 427 g/mol. The van der Waals surface area contributed by atoms with Crippen molar-refractivity contribution in [2.45, 2.75) is 64.3 Å². The molecule has 2 aromatic rings.